The quantitative estimate of drug-likeness (QED) is 0.758. The molecular weight excluding hydrogens is 427 g/mol. The Balaban J connectivity index is 0.000000318. The van der Waals surface area contributed by atoms with Crippen LogP contribution in [0.4, 0.5) is 18.3 Å². The van der Waals surface area contributed by atoms with Crippen molar-refractivity contribution in [2.24, 2.45) is 0 Å². The van der Waals surface area contributed by atoms with E-state index in [1.54, 1.807) is 23.7 Å². The number of aryl methyl sites for hydroxylation is 2. The van der Waals surface area contributed by atoms with Crippen molar-refractivity contribution < 1.29 is 32.5 Å². The van der Waals surface area contributed by atoms with Crippen molar-refractivity contribution in [2.75, 3.05) is 24.6 Å². The van der Waals surface area contributed by atoms with Crippen molar-refractivity contribution >= 4 is 22.4 Å². The lowest BCUT2D eigenvalue weighted by atomic mass is 9.85. The Labute approximate surface area is 173 Å². The molecule has 0 bridgehead atoms. The van der Waals surface area contributed by atoms with Crippen molar-refractivity contribution in [2.45, 2.75) is 44.6 Å². The molecule has 4 heterocycles. The van der Waals surface area contributed by atoms with Crippen LogP contribution in [0.5, 0.6) is 5.88 Å². The van der Waals surface area contributed by atoms with E-state index >= 15 is 0 Å². The summed E-state index contributed by atoms with van der Waals surface area (Å²) in [6, 6.07) is 0. The van der Waals surface area contributed by atoms with Crippen LogP contribution in [-0.2, 0) is 9.53 Å². The number of hydrogen-bond acceptors (Lipinski definition) is 9. The molecule has 4 rings (SSSR count). The molecule has 1 unspecified atom stereocenters. The molecule has 0 aliphatic carbocycles. The summed E-state index contributed by atoms with van der Waals surface area (Å²) < 4.78 is 43.8. The summed E-state index contributed by atoms with van der Waals surface area (Å²) in [7, 11) is 0. The molecule has 2 aliphatic rings. The number of ether oxygens (including phenoxy) is 2. The van der Waals surface area contributed by atoms with E-state index in [2.05, 4.69) is 25.1 Å². The number of alkyl halides is 3. The van der Waals surface area contributed by atoms with Gasteiger partial charge in [-0.15, -0.1) is 10.2 Å². The molecule has 2 aliphatic heterocycles. The molecule has 2 aromatic rings. The Bertz CT molecular complexity index is 888. The number of anilines is 1. The zero-order valence-corrected chi connectivity index (χ0v) is 17.0. The molecule has 0 aromatic carbocycles. The van der Waals surface area contributed by atoms with Gasteiger partial charge in [0.05, 0.1) is 31.6 Å². The topological polar surface area (TPSA) is 111 Å². The molecule has 2 saturated heterocycles. The molecule has 13 heteroatoms. The smallest absolute Gasteiger partial charge is 0.475 e. The third-order valence-corrected chi connectivity index (χ3v) is 5.35. The lowest BCUT2D eigenvalue weighted by molar-refractivity contribution is -0.192. The van der Waals surface area contributed by atoms with Gasteiger partial charge in [0, 0.05) is 19.0 Å². The summed E-state index contributed by atoms with van der Waals surface area (Å²) in [6.45, 7) is 6.30. The molecule has 1 atom stereocenters. The van der Waals surface area contributed by atoms with Crippen LogP contribution in [0.3, 0.4) is 0 Å². The lowest BCUT2D eigenvalue weighted by Gasteiger charge is -2.52. The largest absolute Gasteiger partial charge is 0.490 e. The molecule has 0 saturated carbocycles. The highest BCUT2D eigenvalue weighted by Gasteiger charge is 2.49. The molecule has 1 N–H and O–H groups in total. The summed E-state index contributed by atoms with van der Waals surface area (Å²) in [5.74, 6) is -2.16. The zero-order valence-electron chi connectivity index (χ0n) is 16.2. The average Bonchev–Trinajstić information content (AvgIpc) is 3.05. The van der Waals surface area contributed by atoms with Crippen molar-refractivity contribution in [1.29, 1.82) is 0 Å². The second-order valence-corrected chi connectivity index (χ2v) is 8.19. The first-order chi connectivity index (χ1) is 14.1. The van der Waals surface area contributed by atoms with Gasteiger partial charge in [0.2, 0.25) is 11.0 Å². The lowest BCUT2D eigenvalue weighted by Crippen LogP contribution is -2.66. The van der Waals surface area contributed by atoms with Gasteiger partial charge in [-0.05, 0) is 13.8 Å². The molecule has 0 radical (unpaired) electrons. The number of aromatic nitrogens is 4. The molecule has 9 nitrogen and oxygen atoms in total. The van der Waals surface area contributed by atoms with E-state index in [4.69, 9.17) is 19.4 Å². The number of rotatable bonds is 3. The highest BCUT2D eigenvalue weighted by molar-refractivity contribution is 7.15. The molecule has 1 spiro atoms. The van der Waals surface area contributed by atoms with Gasteiger partial charge in [0.25, 0.3) is 0 Å². The fraction of sp³-hybridized carbons (Fsp3) is 0.588. The highest BCUT2D eigenvalue weighted by Crippen LogP contribution is 2.38. The minimum atomic E-state index is -5.08. The van der Waals surface area contributed by atoms with Crippen molar-refractivity contribution in [3.05, 3.63) is 23.1 Å². The number of carboxylic acids is 1. The third kappa shape index (κ3) is 5.53. The molecule has 164 valence electrons. The first-order valence-electron chi connectivity index (χ1n) is 9.01. The fourth-order valence-corrected chi connectivity index (χ4v) is 3.86. The standard InChI is InChI=1S/C15H19N5O2S.C2HF3O2/c1-10-6-16-7-13(17-10)22-12-3-4-21-15(5-12)8-20(9-15)14-19-18-11(2)23-14;3-2(4,5)1(6)7/h6-7,12H,3-5,8-9H2,1-2H3;(H,6,7). The van der Waals surface area contributed by atoms with Crippen molar-refractivity contribution in [1.82, 2.24) is 20.2 Å². The minimum Gasteiger partial charge on any atom is -0.475 e. The van der Waals surface area contributed by atoms with E-state index in [9.17, 15) is 13.2 Å². The van der Waals surface area contributed by atoms with Crippen LogP contribution in [0.1, 0.15) is 23.5 Å². The van der Waals surface area contributed by atoms with Crippen LogP contribution in [-0.4, -0.2) is 68.8 Å². The van der Waals surface area contributed by atoms with Gasteiger partial charge in [-0.1, -0.05) is 11.3 Å². The Morgan fingerprint density at radius 2 is 2.03 bits per heavy atom. The first kappa shape index (κ1) is 22.2. The van der Waals surface area contributed by atoms with Crippen LogP contribution >= 0.6 is 11.3 Å². The number of carboxylic acid groups (broad SMARTS) is 1. The van der Waals surface area contributed by atoms with Crippen molar-refractivity contribution in [3.63, 3.8) is 0 Å². The minimum absolute atomic E-state index is 0.123. The van der Waals surface area contributed by atoms with Gasteiger partial charge in [-0.3, -0.25) is 4.98 Å². The van der Waals surface area contributed by atoms with E-state index in [1.165, 1.54) is 0 Å². The van der Waals surface area contributed by atoms with Crippen LogP contribution < -0.4 is 9.64 Å². The van der Waals surface area contributed by atoms with E-state index < -0.39 is 12.1 Å². The maximum Gasteiger partial charge on any atom is 0.490 e. The van der Waals surface area contributed by atoms with Crippen LogP contribution in [0.2, 0.25) is 0 Å². The molecule has 2 fully saturated rings. The monoisotopic (exact) mass is 447 g/mol. The van der Waals surface area contributed by atoms with E-state index in [0.717, 1.165) is 41.8 Å². The zero-order chi connectivity index (χ0) is 21.9. The number of carbonyl (C=O) groups is 1. The van der Waals surface area contributed by atoms with Gasteiger partial charge in [-0.25, -0.2) is 9.78 Å². The van der Waals surface area contributed by atoms with Crippen LogP contribution in [0, 0.1) is 13.8 Å². The molecular formula is C17H20F3N5O4S. The van der Waals surface area contributed by atoms with E-state index in [1.807, 2.05) is 13.8 Å². The predicted molar refractivity (Wildman–Crippen MR) is 99.7 cm³/mol. The number of hydrogen-bond donors (Lipinski definition) is 1. The second kappa shape index (κ2) is 8.68. The van der Waals surface area contributed by atoms with Gasteiger partial charge in [0.1, 0.15) is 16.7 Å². The van der Waals surface area contributed by atoms with Crippen molar-refractivity contribution in [3.8, 4) is 5.88 Å². The second-order valence-electron chi connectivity index (χ2n) is 7.03. The predicted octanol–water partition coefficient (Wildman–Crippen LogP) is 2.40. The highest BCUT2D eigenvalue weighted by atomic mass is 32.1. The normalized spacial score (nSPS) is 20.2. The molecule has 30 heavy (non-hydrogen) atoms. The average molecular weight is 447 g/mol. The van der Waals surface area contributed by atoms with Gasteiger partial charge in [0.15, 0.2) is 0 Å². The number of nitrogens with zero attached hydrogens (tertiary/aromatic N) is 5. The fourth-order valence-electron chi connectivity index (χ4n) is 3.17. The van der Waals surface area contributed by atoms with E-state index in [-0.39, 0.29) is 11.7 Å². The van der Waals surface area contributed by atoms with Gasteiger partial charge in [-0.2, -0.15) is 13.2 Å². The van der Waals surface area contributed by atoms with E-state index in [0.29, 0.717) is 12.5 Å². The Morgan fingerprint density at radius 1 is 1.33 bits per heavy atom. The SMILES string of the molecule is Cc1cncc(OC2CCOC3(C2)CN(c2nnc(C)s2)C3)n1.O=C(O)C(F)(F)F. The van der Waals surface area contributed by atoms with Gasteiger partial charge >= 0.3 is 12.1 Å². The summed E-state index contributed by atoms with van der Waals surface area (Å²) in [4.78, 5) is 19.6. The number of aliphatic carboxylic acids is 1. The van der Waals surface area contributed by atoms with Crippen LogP contribution in [0.25, 0.3) is 0 Å². The Kier molecular flexibility index (Phi) is 6.41. The summed E-state index contributed by atoms with van der Waals surface area (Å²) >= 11 is 1.62. The van der Waals surface area contributed by atoms with Crippen LogP contribution in [0.15, 0.2) is 12.4 Å². The maximum absolute atomic E-state index is 10.6. The summed E-state index contributed by atoms with van der Waals surface area (Å²) in [5, 5.41) is 17.4. The first-order valence-corrected chi connectivity index (χ1v) is 9.82. The third-order valence-electron chi connectivity index (χ3n) is 4.45. The van der Waals surface area contributed by atoms with Gasteiger partial charge < -0.3 is 19.5 Å². The Morgan fingerprint density at radius 3 is 2.60 bits per heavy atom. The summed E-state index contributed by atoms with van der Waals surface area (Å²) in [5.41, 5.74) is 0.741. The molecule has 0 amide bonds. The summed E-state index contributed by atoms with van der Waals surface area (Å²) in [6.07, 6.45) is 0.197. The number of halogens is 3. The maximum atomic E-state index is 10.6. The Hall–Kier alpha value is -2.54. The molecule has 2 aromatic heterocycles.